The average Bonchev–Trinajstić information content (AvgIpc) is 2.86. The lowest BCUT2D eigenvalue weighted by Crippen LogP contribution is -2.35. The minimum Gasteiger partial charge on any atom is -0.354 e. The Morgan fingerprint density at radius 1 is 1.32 bits per heavy atom. The van der Waals surface area contributed by atoms with Crippen LogP contribution in [0.5, 0.6) is 0 Å². The molecule has 0 saturated heterocycles. The van der Waals surface area contributed by atoms with Crippen molar-refractivity contribution in [2.75, 3.05) is 6.54 Å². The summed E-state index contributed by atoms with van der Waals surface area (Å²) in [7, 11) is 0. The molecule has 1 aromatic heterocycles. The highest BCUT2D eigenvalue weighted by molar-refractivity contribution is 5.79. The summed E-state index contributed by atoms with van der Waals surface area (Å²) in [6.45, 7) is 5.50. The fraction of sp³-hybridized carbons (Fsp3) is 0.444. The first-order chi connectivity index (χ1) is 10.6. The third kappa shape index (κ3) is 3.06. The van der Waals surface area contributed by atoms with Gasteiger partial charge in [-0.1, -0.05) is 24.3 Å². The summed E-state index contributed by atoms with van der Waals surface area (Å²) in [5.41, 5.74) is 4.95. The molecule has 0 aliphatic heterocycles. The van der Waals surface area contributed by atoms with E-state index in [0.29, 0.717) is 6.54 Å². The van der Waals surface area contributed by atoms with Crippen LogP contribution < -0.4 is 5.32 Å². The van der Waals surface area contributed by atoms with E-state index in [4.69, 9.17) is 0 Å². The molecule has 1 heterocycles. The number of carbonyl (C=O) groups excluding carboxylic acids is 1. The zero-order chi connectivity index (χ0) is 15.5. The van der Waals surface area contributed by atoms with Crippen molar-refractivity contribution < 1.29 is 4.79 Å². The molecule has 1 aromatic carbocycles. The standard InChI is InChI=1S/C18H23N3O/c1-13-14(2)21(12-20-13)10-9-19-18(22)17-8-7-15-5-3-4-6-16(15)11-17/h3-6,12,17H,7-11H2,1-2H3,(H,19,22)/t17-/m0/s1. The second kappa shape index (κ2) is 6.34. The van der Waals surface area contributed by atoms with Gasteiger partial charge in [-0.15, -0.1) is 0 Å². The first-order valence-corrected chi connectivity index (χ1v) is 7.98. The van der Waals surface area contributed by atoms with Crippen LogP contribution in [0.4, 0.5) is 0 Å². The third-order valence-electron chi connectivity index (χ3n) is 4.71. The summed E-state index contributed by atoms with van der Waals surface area (Å²) in [6, 6.07) is 8.46. The van der Waals surface area contributed by atoms with Crippen LogP contribution in [0.15, 0.2) is 30.6 Å². The van der Waals surface area contributed by atoms with Crippen LogP contribution >= 0.6 is 0 Å². The molecule has 3 rings (SSSR count). The molecule has 22 heavy (non-hydrogen) atoms. The molecular formula is C18H23N3O. The van der Waals surface area contributed by atoms with Crippen LogP contribution in [-0.4, -0.2) is 22.0 Å². The van der Waals surface area contributed by atoms with Gasteiger partial charge in [-0.05, 0) is 44.2 Å². The molecule has 0 spiro atoms. The van der Waals surface area contributed by atoms with Gasteiger partial charge in [-0.3, -0.25) is 4.79 Å². The molecule has 0 radical (unpaired) electrons. The zero-order valence-electron chi connectivity index (χ0n) is 13.3. The molecule has 1 amide bonds. The molecule has 0 fully saturated rings. The molecule has 116 valence electrons. The van der Waals surface area contributed by atoms with E-state index in [1.165, 1.54) is 16.8 Å². The lowest BCUT2D eigenvalue weighted by molar-refractivity contribution is -0.125. The number of benzene rings is 1. The van der Waals surface area contributed by atoms with Gasteiger partial charge < -0.3 is 9.88 Å². The molecule has 0 saturated carbocycles. The van der Waals surface area contributed by atoms with Crippen LogP contribution in [0.3, 0.4) is 0 Å². The smallest absolute Gasteiger partial charge is 0.223 e. The van der Waals surface area contributed by atoms with Crippen LogP contribution in [-0.2, 0) is 24.2 Å². The van der Waals surface area contributed by atoms with Gasteiger partial charge in [0.2, 0.25) is 5.91 Å². The number of carbonyl (C=O) groups is 1. The van der Waals surface area contributed by atoms with E-state index < -0.39 is 0 Å². The summed E-state index contributed by atoms with van der Waals surface area (Å²) in [6.07, 6.45) is 4.67. The van der Waals surface area contributed by atoms with Gasteiger partial charge in [0.1, 0.15) is 0 Å². The normalized spacial score (nSPS) is 17.1. The van der Waals surface area contributed by atoms with Crippen LogP contribution in [0.1, 0.15) is 28.9 Å². The number of aryl methyl sites for hydroxylation is 2. The second-order valence-corrected chi connectivity index (χ2v) is 6.11. The predicted octanol–water partition coefficient (Wildman–Crippen LogP) is 2.42. The summed E-state index contributed by atoms with van der Waals surface area (Å²) in [4.78, 5) is 16.6. The Labute approximate surface area is 131 Å². The van der Waals surface area contributed by atoms with E-state index in [9.17, 15) is 4.79 Å². The number of imidazole rings is 1. The quantitative estimate of drug-likeness (QED) is 0.942. The van der Waals surface area contributed by atoms with Crippen molar-refractivity contribution in [3.05, 3.63) is 53.1 Å². The Morgan fingerprint density at radius 2 is 2.09 bits per heavy atom. The van der Waals surface area contributed by atoms with E-state index in [1.807, 2.05) is 13.3 Å². The molecular weight excluding hydrogens is 274 g/mol. The Balaban J connectivity index is 1.52. The van der Waals surface area contributed by atoms with Crippen molar-refractivity contribution in [1.29, 1.82) is 0 Å². The molecule has 1 aliphatic carbocycles. The summed E-state index contributed by atoms with van der Waals surface area (Å²) >= 11 is 0. The van der Waals surface area contributed by atoms with E-state index in [2.05, 4.69) is 46.1 Å². The van der Waals surface area contributed by atoms with Crippen LogP contribution in [0.2, 0.25) is 0 Å². The number of nitrogens with one attached hydrogen (secondary N) is 1. The van der Waals surface area contributed by atoms with E-state index in [-0.39, 0.29) is 11.8 Å². The van der Waals surface area contributed by atoms with Crippen molar-refractivity contribution in [2.24, 2.45) is 5.92 Å². The first-order valence-electron chi connectivity index (χ1n) is 7.98. The Bertz CT molecular complexity index is 675. The highest BCUT2D eigenvalue weighted by Gasteiger charge is 2.23. The highest BCUT2D eigenvalue weighted by atomic mass is 16.1. The van der Waals surface area contributed by atoms with Crippen molar-refractivity contribution in [3.63, 3.8) is 0 Å². The van der Waals surface area contributed by atoms with Crippen molar-refractivity contribution in [2.45, 2.75) is 39.7 Å². The fourth-order valence-corrected chi connectivity index (χ4v) is 3.14. The van der Waals surface area contributed by atoms with Gasteiger partial charge >= 0.3 is 0 Å². The number of aromatic nitrogens is 2. The predicted molar refractivity (Wildman–Crippen MR) is 86.7 cm³/mol. The maximum absolute atomic E-state index is 12.4. The van der Waals surface area contributed by atoms with E-state index in [0.717, 1.165) is 31.5 Å². The number of nitrogens with zero attached hydrogens (tertiary/aromatic N) is 2. The summed E-state index contributed by atoms with van der Waals surface area (Å²) < 4.78 is 2.09. The van der Waals surface area contributed by atoms with Gasteiger partial charge in [0.05, 0.1) is 12.0 Å². The molecule has 1 N–H and O–H groups in total. The monoisotopic (exact) mass is 297 g/mol. The highest BCUT2D eigenvalue weighted by Crippen LogP contribution is 2.25. The van der Waals surface area contributed by atoms with E-state index >= 15 is 0 Å². The maximum atomic E-state index is 12.4. The lowest BCUT2D eigenvalue weighted by atomic mass is 9.83. The van der Waals surface area contributed by atoms with Crippen molar-refractivity contribution in [1.82, 2.24) is 14.9 Å². The molecule has 2 aromatic rings. The van der Waals surface area contributed by atoms with Gasteiger partial charge in [0, 0.05) is 24.7 Å². The van der Waals surface area contributed by atoms with E-state index in [1.54, 1.807) is 0 Å². The molecule has 1 atom stereocenters. The second-order valence-electron chi connectivity index (χ2n) is 6.11. The summed E-state index contributed by atoms with van der Waals surface area (Å²) in [5.74, 6) is 0.296. The third-order valence-corrected chi connectivity index (χ3v) is 4.71. The van der Waals surface area contributed by atoms with Gasteiger partial charge in [0.25, 0.3) is 0 Å². The molecule has 4 heteroatoms. The number of hydrogen-bond acceptors (Lipinski definition) is 2. The minimum absolute atomic E-state index is 0.112. The number of hydrogen-bond donors (Lipinski definition) is 1. The van der Waals surface area contributed by atoms with Crippen molar-refractivity contribution in [3.8, 4) is 0 Å². The maximum Gasteiger partial charge on any atom is 0.223 e. The zero-order valence-corrected chi connectivity index (χ0v) is 13.3. The topological polar surface area (TPSA) is 46.9 Å². The molecule has 0 bridgehead atoms. The molecule has 0 unspecified atom stereocenters. The number of rotatable bonds is 4. The first kappa shape index (κ1) is 14.8. The van der Waals surface area contributed by atoms with Gasteiger partial charge in [-0.2, -0.15) is 0 Å². The Kier molecular flexibility index (Phi) is 4.27. The minimum atomic E-state index is 0.112. The Hall–Kier alpha value is -2.10. The fourth-order valence-electron chi connectivity index (χ4n) is 3.14. The average molecular weight is 297 g/mol. The van der Waals surface area contributed by atoms with Crippen LogP contribution in [0, 0.1) is 19.8 Å². The SMILES string of the molecule is Cc1ncn(CCNC(=O)[C@H]2CCc3ccccc3C2)c1C. The Morgan fingerprint density at radius 3 is 2.82 bits per heavy atom. The number of amides is 1. The lowest BCUT2D eigenvalue weighted by Gasteiger charge is -2.23. The molecule has 4 nitrogen and oxygen atoms in total. The number of fused-ring (bicyclic) bond motifs is 1. The largest absolute Gasteiger partial charge is 0.354 e. The van der Waals surface area contributed by atoms with Crippen LogP contribution in [0.25, 0.3) is 0 Å². The molecule has 1 aliphatic rings. The summed E-state index contributed by atoms with van der Waals surface area (Å²) in [5, 5.41) is 3.08. The van der Waals surface area contributed by atoms with Gasteiger partial charge in [-0.25, -0.2) is 4.98 Å². The van der Waals surface area contributed by atoms with Crippen molar-refractivity contribution >= 4 is 5.91 Å². The van der Waals surface area contributed by atoms with Gasteiger partial charge in [0.15, 0.2) is 0 Å².